The maximum atomic E-state index is 13.8. The molecule has 1 saturated heterocycles. The number of nitrogens with zero attached hydrogens (tertiary/aromatic N) is 3. The molecule has 1 aromatic heterocycles. The number of hydrogen-bond acceptors (Lipinski definition) is 6. The fourth-order valence-electron chi connectivity index (χ4n) is 3.81. The number of anilines is 1. The van der Waals surface area contributed by atoms with Crippen LogP contribution in [0.1, 0.15) is 11.4 Å². The van der Waals surface area contributed by atoms with Gasteiger partial charge in [-0.15, -0.1) is 0 Å². The molecule has 2 heterocycles. The molecule has 180 valence electrons. The summed E-state index contributed by atoms with van der Waals surface area (Å²) in [5.74, 6) is -2.24. The highest BCUT2D eigenvalue weighted by Crippen LogP contribution is 2.40. The van der Waals surface area contributed by atoms with Gasteiger partial charge in [0.15, 0.2) is 0 Å². The first kappa shape index (κ1) is 24.0. The van der Waals surface area contributed by atoms with E-state index in [1.165, 1.54) is 18.2 Å². The Bertz CT molecular complexity index is 1290. The van der Waals surface area contributed by atoms with E-state index in [0.29, 0.717) is 37.3 Å². The van der Waals surface area contributed by atoms with Crippen LogP contribution in [0.5, 0.6) is 0 Å². The standard InChI is InChI=1S/C22H21F4N5O2S/c23-17-6-4-15(5-7-17)19-18(16-3-1-2-14(12-16)13-34(27,32)33)20(31-10-8-28-9-11-31)30-21(29-19)22(24,25)26/h1-7,12,28H,8-11,13H2,(H2,27,32,33). The van der Waals surface area contributed by atoms with Gasteiger partial charge in [0.25, 0.3) is 0 Å². The van der Waals surface area contributed by atoms with Crippen molar-refractivity contribution in [3.05, 3.63) is 65.7 Å². The highest BCUT2D eigenvalue weighted by Gasteiger charge is 2.37. The summed E-state index contributed by atoms with van der Waals surface area (Å²) in [5.41, 5.74) is 1.29. The van der Waals surface area contributed by atoms with Gasteiger partial charge in [0.1, 0.15) is 11.6 Å². The second-order valence-electron chi connectivity index (χ2n) is 7.84. The topological polar surface area (TPSA) is 101 Å². The van der Waals surface area contributed by atoms with Crippen LogP contribution in [0.3, 0.4) is 0 Å². The highest BCUT2D eigenvalue weighted by atomic mass is 32.2. The smallest absolute Gasteiger partial charge is 0.353 e. The van der Waals surface area contributed by atoms with Gasteiger partial charge in [-0.05, 0) is 41.5 Å². The van der Waals surface area contributed by atoms with Gasteiger partial charge in [-0.2, -0.15) is 13.2 Å². The predicted octanol–water partition coefficient (Wildman–Crippen LogP) is 3.17. The molecule has 0 unspecified atom stereocenters. The summed E-state index contributed by atoms with van der Waals surface area (Å²) in [6.45, 7) is 1.90. The van der Waals surface area contributed by atoms with Gasteiger partial charge in [-0.3, -0.25) is 0 Å². The van der Waals surface area contributed by atoms with Gasteiger partial charge in [0.05, 0.1) is 17.0 Å². The van der Waals surface area contributed by atoms with Gasteiger partial charge in [-0.25, -0.2) is 27.9 Å². The summed E-state index contributed by atoms with van der Waals surface area (Å²) in [6.07, 6.45) is -4.81. The lowest BCUT2D eigenvalue weighted by Crippen LogP contribution is -2.44. The predicted molar refractivity (Wildman–Crippen MR) is 120 cm³/mol. The van der Waals surface area contributed by atoms with E-state index < -0.39 is 33.6 Å². The minimum absolute atomic E-state index is 0.0383. The molecule has 0 saturated carbocycles. The van der Waals surface area contributed by atoms with E-state index in [2.05, 4.69) is 15.3 Å². The second kappa shape index (κ2) is 9.28. The van der Waals surface area contributed by atoms with Crippen molar-refractivity contribution >= 4 is 15.8 Å². The molecule has 1 aliphatic heterocycles. The Morgan fingerprint density at radius 2 is 1.68 bits per heavy atom. The average Bonchev–Trinajstić information content (AvgIpc) is 2.78. The molecule has 12 heteroatoms. The maximum absolute atomic E-state index is 13.8. The van der Waals surface area contributed by atoms with Crippen molar-refractivity contribution in [3.63, 3.8) is 0 Å². The molecule has 1 aliphatic rings. The minimum Gasteiger partial charge on any atom is -0.353 e. The summed E-state index contributed by atoms with van der Waals surface area (Å²) >= 11 is 0. The summed E-state index contributed by atoms with van der Waals surface area (Å²) < 4.78 is 78.2. The van der Waals surface area contributed by atoms with Crippen molar-refractivity contribution in [3.8, 4) is 22.4 Å². The van der Waals surface area contributed by atoms with Crippen molar-refractivity contribution in [2.45, 2.75) is 11.9 Å². The zero-order valence-corrected chi connectivity index (χ0v) is 18.6. The van der Waals surface area contributed by atoms with Crippen LogP contribution in [0.2, 0.25) is 0 Å². The number of nitrogens with two attached hydrogens (primary N) is 1. The fourth-order valence-corrected chi connectivity index (χ4v) is 4.46. The number of sulfonamides is 1. The SMILES string of the molecule is NS(=O)(=O)Cc1cccc(-c2c(-c3ccc(F)cc3)nc(C(F)(F)F)nc2N2CCNCC2)c1. The van der Waals surface area contributed by atoms with Gasteiger partial charge < -0.3 is 10.2 Å². The van der Waals surface area contributed by atoms with Crippen molar-refractivity contribution in [2.75, 3.05) is 31.1 Å². The van der Waals surface area contributed by atoms with E-state index in [1.54, 1.807) is 23.1 Å². The van der Waals surface area contributed by atoms with Crippen molar-refractivity contribution in [1.82, 2.24) is 15.3 Å². The molecule has 0 radical (unpaired) electrons. The zero-order chi connectivity index (χ0) is 24.5. The first-order chi connectivity index (χ1) is 16.0. The molecule has 0 atom stereocenters. The highest BCUT2D eigenvalue weighted by molar-refractivity contribution is 7.88. The molecule has 4 rings (SSSR count). The molecule has 2 aromatic carbocycles. The second-order valence-corrected chi connectivity index (χ2v) is 9.46. The van der Waals surface area contributed by atoms with E-state index in [9.17, 15) is 26.0 Å². The number of piperazine rings is 1. The first-order valence-corrected chi connectivity index (χ1v) is 12.0. The molecular formula is C22H21F4N5O2S. The Balaban J connectivity index is 2.01. The van der Waals surface area contributed by atoms with Crippen molar-refractivity contribution in [2.24, 2.45) is 5.14 Å². The molecule has 1 fully saturated rings. The summed E-state index contributed by atoms with van der Waals surface area (Å²) in [5, 5.41) is 8.32. The van der Waals surface area contributed by atoms with Gasteiger partial charge in [-0.1, -0.05) is 18.2 Å². The normalized spacial score (nSPS) is 14.9. The first-order valence-electron chi connectivity index (χ1n) is 10.3. The van der Waals surface area contributed by atoms with Crippen LogP contribution in [0, 0.1) is 5.82 Å². The molecule has 0 aliphatic carbocycles. The maximum Gasteiger partial charge on any atom is 0.451 e. The lowest BCUT2D eigenvalue weighted by Gasteiger charge is -2.31. The quantitative estimate of drug-likeness (QED) is 0.528. The summed E-state index contributed by atoms with van der Waals surface area (Å²) in [6, 6.07) is 11.3. The molecule has 3 N–H and O–H groups in total. The van der Waals surface area contributed by atoms with Crippen molar-refractivity contribution in [1.29, 1.82) is 0 Å². The van der Waals surface area contributed by atoms with E-state index >= 15 is 0 Å². The van der Waals surface area contributed by atoms with E-state index in [-0.39, 0.29) is 22.6 Å². The number of aromatic nitrogens is 2. The van der Waals surface area contributed by atoms with Crippen LogP contribution in [0.4, 0.5) is 23.4 Å². The lowest BCUT2D eigenvalue weighted by atomic mass is 9.97. The number of halogens is 4. The Labute approximate surface area is 193 Å². The van der Waals surface area contributed by atoms with Crippen molar-refractivity contribution < 1.29 is 26.0 Å². The lowest BCUT2D eigenvalue weighted by molar-refractivity contribution is -0.144. The van der Waals surface area contributed by atoms with E-state index in [1.807, 2.05) is 0 Å². The average molecular weight is 496 g/mol. The third kappa shape index (κ3) is 5.51. The summed E-state index contributed by atoms with van der Waals surface area (Å²) in [4.78, 5) is 9.46. The number of primary sulfonamides is 1. The summed E-state index contributed by atoms with van der Waals surface area (Å²) in [7, 11) is -3.84. The van der Waals surface area contributed by atoms with Crippen LogP contribution in [0.25, 0.3) is 22.4 Å². The largest absolute Gasteiger partial charge is 0.451 e. The number of rotatable bonds is 5. The Hall–Kier alpha value is -3.09. The van der Waals surface area contributed by atoms with Gasteiger partial charge in [0, 0.05) is 31.7 Å². The zero-order valence-electron chi connectivity index (χ0n) is 17.8. The monoisotopic (exact) mass is 495 g/mol. The molecule has 0 bridgehead atoms. The molecule has 7 nitrogen and oxygen atoms in total. The Kier molecular flexibility index (Phi) is 6.56. The van der Waals surface area contributed by atoms with Crippen LogP contribution in [-0.4, -0.2) is 44.6 Å². The number of nitrogens with one attached hydrogen (secondary N) is 1. The van der Waals surface area contributed by atoms with Gasteiger partial charge in [0.2, 0.25) is 15.8 Å². The Morgan fingerprint density at radius 1 is 1.00 bits per heavy atom. The minimum atomic E-state index is -4.81. The third-order valence-corrected chi connectivity index (χ3v) is 6.00. The fraction of sp³-hybridized carbons (Fsp3) is 0.273. The third-order valence-electron chi connectivity index (χ3n) is 5.26. The van der Waals surface area contributed by atoms with Crippen LogP contribution < -0.4 is 15.4 Å². The van der Waals surface area contributed by atoms with Crippen LogP contribution in [-0.2, 0) is 22.0 Å². The number of benzene rings is 2. The van der Waals surface area contributed by atoms with E-state index in [0.717, 1.165) is 12.1 Å². The van der Waals surface area contributed by atoms with Crippen LogP contribution in [0.15, 0.2) is 48.5 Å². The molecule has 3 aromatic rings. The number of hydrogen-bond donors (Lipinski definition) is 2. The molecule has 34 heavy (non-hydrogen) atoms. The van der Waals surface area contributed by atoms with Crippen LogP contribution >= 0.6 is 0 Å². The molecular weight excluding hydrogens is 474 g/mol. The molecule has 0 spiro atoms. The van der Waals surface area contributed by atoms with E-state index in [4.69, 9.17) is 5.14 Å². The number of alkyl halides is 3. The van der Waals surface area contributed by atoms with Gasteiger partial charge >= 0.3 is 6.18 Å². The Morgan fingerprint density at radius 3 is 2.29 bits per heavy atom. The molecule has 0 amide bonds.